The molecule has 0 amide bonds. The van der Waals surface area contributed by atoms with Gasteiger partial charge in [-0.25, -0.2) is 0 Å². The normalized spacial score (nSPS) is 18.8. The molecule has 22 heavy (non-hydrogen) atoms. The Morgan fingerprint density at radius 2 is 2.09 bits per heavy atom. The van der Waals surface area contributed by atoms with E-state index < -0.39 is 5.97 Å². The first-order chi connectivity index (χ1) is 10.6. The predicted octanol–water partition coefficient (Wildman–Crippen LogP) is 0.868. The van der Waals surface area contributed by atoms with Crippen LogP contribution in [0.15, 0.2) is 30.3 Å². The maximum Gasteiger partial charge on any atom is 0.320 e. The highest BCUT2D eigenvalue weighted by Gasteiger charge is 2.21. The summed E-state index contributed by atoms with van der Waals surface area (Å²) in [5.74, 6) is -1.11. The van der Waals surface area contributed by atoms with Crippen molar-refractivity contribution in [1.82, 2.24) is 10.2 Å². The molecule has 0 bridgehead atoms. The monoisotopic (exact) mass is 306 g/mol. The summed E-state index contributed by atoms with van der Waals surface area (Å²) in [4.78, 5) is 24.3. The minimum absolute atomic E-state index is 0.0522. The quantitative estimate of drug-likeness (QED) is 0.728. The number of nitrogens with zero attached hydrogens (tertiary/aromatic N) is 1. The molecule has 1 fully saturated rings. The van der Waals surface area contributed by atoms with Crippen LogP contribution >= 0.6 is 0 Å². The topological polar surface area (TPSA) is 78.9 Å². The lowest BCUT2D eigenvalue weighted by molar-refractivity contribution is -0.144. The molecule has 1 aromatic carbocycles. The molecule has 0 aliphatic carbocycles. The average Bonchev–Trinajstić information content (AvgIpc) is 2.52. The van der Waals surface area contributed by atoms with Gasteiger partial charge >= 0.3 is 11.9 Å². The maximum atomic E-state index is 11.7. The van der Waals surface area contributed by atoms with Gasteiger partial charge in [0.1, 0.15) is 6.61 Å². The van der Waals surface area contributed by atoms with Gasteiger partial charge in [-0.2, -0.15) is 0 Å². The zero-order valence-electron chi connectivity index (χ0n) is 12.5. The number of hydrogen-bond donors (Lipinski definition) is 2. The third kappa shape index (κ3) is 5.83. The smallest absolute Gasteiger partial charge is 0.320 e. The van der Waals surface area contributed by atoms with Gasteiger partial charge in [0, 0.05) is 12.6 Å². The van der Waals surface area contributed by atoms with Gasteiger partial charge in [-0.3, -0.25) is 14.5 Å². The van der Waals surface area contributed by atoms with Gasteiger partial charge in [0.15, 0.2) is 0 Å². The Labute approximate surface area is 130 Å². The van der Waals surface area contributed by atoms with E-state index in [0.29, 0.717) is 6.54 Å². The molecule has 2 rings (SSSR count). The second-order valence-corrected chi connectivity index (χ2v) is 5.50. The number of benzene rings is 1. The molecule has 1 aliphatic heterocycles. The summed E-state index contributed by atoms with van der Waals surface area (Å²) < 4.78 is 5.20. The van der Waals surface area contributed by atoms with Crippen molar-refractivity contribution in [3.8, 4) is 0 Å². The average molecular weight is 306 g/mol. The Morgan fingerprint density at radius 1 is 1.32 bits per heavy atom. The van der Waals surface area contributed by atoms with E-state index in [0.717, 1.165) is 24.9 Å². The number of rotatable bonds is 7. The fourth-order valence-corrected chi connectivity index (χ4v) is 2.57. The number of ether oxygens (including phenoxy) is 1. The molecule has 1 aromatic rings. The highest BCUT2D eigenvalue weighted by molar-refractivity contribution is 5.71. The molecule has 0 saturated carbocycles. The fraction of sp³-hybridized carbons (Fsp3) is 0.500. The summed E-state index contributed by atoms with van der Waals surface area (Å²) in [6.45, 7) is 1.92. The molecule has 2 N–H and O–H groups in total. The number of hydrogen-bond acceptors (Lipinski definition) is 5. The molecule has 120 valence electrons. The van der Waals surface area contributed by atoms with E-state index in [4.69, 9.17) is 9.84 Å². The third-order valence-corrected chi connectivity index (χ3v) is 3.64. The Morgan fingerprint density at radius 3 is 2.82 bits per heavy atom. The third-order valence-electron chi connectivity index (χ3n) is 3.64. The first-order valence-corrected chi connectivity index (χ1v) is 7.50. The Hall–Kier alpha value is -1.92. The first-order valence-electron chi connectivity index (χ1n) is 7.50. The molecule has 0 unspecified atom stereocenters. The van der Waals surface area contributed by atoms with Crippen molar-refractivity contribution < 1.29 is 19.4 Å². The van der Waals surface area contributed by atoms with E-state index in [9.17, 15) is 9.59 Å². The Bertz CT molecular complexity index is 492. The number of carboxylic acids is 1. The highest BCUT2D eigenvalue weighted by atomic mass is 16.5. The van der Waals surface area contributed by atoms with E-state index in [-0.39, 0.29) is 31.7 Å². The van der Waals surface area contributed by atoms with Crippen LogP contribution in [0.1, 0.15) is 18.4 Å². The van der Waals surface area contributed by atoms with Gasteiger partial charge in [0.05, 0.1) is 13.1 Å². The largest absolute Gasteiger partial charge is 0.480 e. The van der Waals surface area contributed by atoms with Crippen molar-refractivity contribution in [3.63, 3.8) is 0 Å². The van der Waals surface area contributed by atoms with Crippen LogP contribution in [0, 0.1) is 0 Å². The molecule has 1 aliphatic rings. The van der Waals surface area contributed by atoms with Crippen molar-refractivity contribution >= 4 is 11.9 Å². The number of carbonyl (C=O) groups is 2. The van der Waals surface area contributed by atoms with Crippen LogP contribution in [0.5, 0.6) is 0 Å². The molecular formula is C16H22N2O4. The molecule has 1 saturated heterocycles. The van der Waals surface area contributed by atoms with E-state index in [1.807, 2.05) is 35.2 Å². The van der Waals surface area contributed by atoms with Crippen LogP contribution < -0.4 is 5.32 Å². The maximum absolute atomic E-state index is 11.7. The lowest BCUT2D eigenvalue weighted by Crippen LogP contribution is -2.48. The van der Waals surface area contributed by atoms with Crippen LogP contribution in [-0.4, -0.2) is 54.2 Å². The van der Waals surface area contributed by atoms with E-state index in [1.54, 1.807) is 0 Å². The summed E-state index contributed by atoms with van der Waals surface area (Å²) in [5, 5.41) is 12.0. The lowest BCUT2D eigenvalue weighted by Gasteiger charge is -2.31. The highest BCUT2D eigenvalue weighted by Crippen LogP contribution is 2.09. The summed E-state index contributed by atoms with van der Waals surface area (Å²) in [5.41, 5.74) is 0.959. The number of esters is 1. The molecule has 0 radical (unpaired) electrons. The molecule has 0 spiro atoms. The Balaban J connectivity index is 1.66. The lowest BCUT2D eigenvalue weighted by atomic mass is 10.1. The molecule has 6 heteroatoms. The second kappa shape index (κ2) is 8.51. The standard InChI is InChI=1S/C16H22N2O4/c19-15(20)11-18-8-4-7-14(10-18)17-9-16(21)22-12-13-5-2-1-3-6-13/h1-3,5-6,14,17H,4,7-12H2,(H,19,20)/t14-/m0/s1. The second-order valence-electron chi connectivity index (χ2n) is 5.50. The predicted molar refractivity (Wildman–Crippen MR) is 81.3 cm³/mol. The summed E-state index contributed by atoms with van der Waals surface area (Å²) in [6.07, 6.45) is 1.88. The molecule has 6 nitrogen and oxygen atoms in total. The van der Waals surface area contributed by atoms with Crippen molar-refractivity contribution in [1.29, 1.82) is 0 Å². The Kier molecular flexibility index (Phi) is 6.36. The number of piperidine rings is 1. The van der Waals surface area contributed by atoms with Gasteiger partial charge in [0.25, 0.3) is 0 Å². The van der Waals surface area contributed by atoms with E-state index >= 15 is 0 Å². The van der Waals surface area contributed by atoms with Gasteiger partial charge in [-0.1, -0.05) is 30.3 Å². The van der Waals surface area contributed by atoms with Gasteiger partial charge in [-0.15, -0.1) is 0 Å². The van der Waals surface area contributed by atoms with Crippen LogP contribution in [0.25, 0.3) is 0 Å². The van der Waals surface area contributed by atoms with Crippen LogP contribution in [0.4, 0.5) is 0 Å². The van der Waals surface area contributed by atoms with Gasteiger partial charge < -0.3 is 15.2 Å². The van der Waals surface area contributed by atoms with Crippen LogP contribution in [0.3, 0.4) is 0 Å². The van der Waals surface area contributed by atoms with E-state index in [1.165, 1.54) is 0 Å². The van der Waals surface area contributed by atoms with E-state index in [2.05, 4.69) is 5.32 Å². The summed E-state index contributed by atoms with van der Waals surface area (Å²) in [6, 6.07) is 9.68. The van der Waals surface area contributed by atoms with Gasteiger partial charge in [-0.05, 0) is 24.9 Å². The number of aliphatic carboxylic acids is 1. The number of carbonyl (C=O) groups excluding carboxylic acids is 1. The first kappa shape index (κ1) is 16.5. The van der Waals surface area contributed by atoms with Crippen LogP contribution in [0.2, 0.25) is 0 Å². The SMILES string of the molecule is O=C(O)CN1CCC[C@H](NCC(=O)OCc2ccccc2)C1. The zero-order valence-corrected chi connectivity index (χ0v) is 12.5. The number of likely N-dealkylation sites (tertiary alicyclic amines) is 1. The zero-order chi connectivity index (χ0) is 15.8. The van der Waals surface area contributed by atoms with Crippen molar-refractivity contribution in [2.45, 2.75) is 25.5 Å². The van der Waals surface area contributed by atoms with Crippen molar-refractivity contribution in [2.75, 3.05) is 26.2 Å². The molecule has 1 atom stereocenters. The van der Waals surface area contributed by atoms with Crippen LogP contribution in [-0.2, 0) is 20.9 Å². The fourth-order valence-electron chi connectivity index (χ4n) is 2.57. The van der Waals surface area contributed by atoms with Crippen molar-refractivity contribution in [2.24, 2.45) is 0 Å². The van der Waals surface area contributed by atoms with Gasteiger partial charge in [0.2, 0.25) is 0 Å². The molecule has 1 heterocycles. The number of nitrogens with one attached hydrogen (secondary N) is 1. The number of carboxylic acid groups (broad SMARTS) is 1. The molecular weight excluding hydrogens is 284 g/mol. The molecule has 0 aromatic heterocycles. The van der Waals surface area contributed by atoms with Crippen molar-refractivity contribution in [3.05, 3.63) is 35.9 Å². The summed E-state index contributed by atoms with van der Waals surface area (Å²) >= 11 is 0. The minimum Gasteiger partial charge on any atom is -0.480 e. The minimum atomic E-state index is -0.817. The summed E-state index contributed by atoms with van der Waals surface area (Å²) in [7, 11) is 0.